The molecule has 0 fully saturated rings. The van der Waals surface area contributed by atoms with Crippen LogP contribution in [0.15, 0.2) is 30.6 Å². The van der Waals surface area contributed by atoms with Gasteiger partial charge in [-0.2, -0.15) is 5.10 Å². The molecule has 2 rings (SSSR count). The molecule has 0 amide bonds. The second-order valence-electron chi connectivity index (χ2n) is 4.43. The van der Waals surface area contributed by atoms with E-state index in [2.05, 4.69) is 16.9 Å². The second-order valence-corrected chi connectivity index (χ2v) is 4.43. The largest absolute Gasteiger partial charge is 0.489 e. The van der Waals surface area contributed by atoms with Crippen LogP contribution < -0.4 is 4.74 Å². The second kappa shape index (κ2) is 6.78. The summed E-state index contributed by atoms with van der Waals surface area (Å²) >= 11 is 0. The van der Waals surface area contributed by atoms with Crippen molar-refractivity contribution in [2.45, 2.75) is 27.0 Å². The maximum atomic E-state index is 8.70. The highest BCUT2D eigenvalue weighted by Gasteiger charge is 2.01. The summed E-state index contributed by atoms with van der Waals surface area (Å²) in [4.78, 5) is 0. The van der Waals surface area contributed by atoms with E-state index in [9.17, 15) is 0 Å². The Morgan fingerprint density at radius 2 is 2.25 bits per heavy atom. The fourth-order valence-corrected chi connectivity index (χ4v) is 1.82. The van der Waals surface area contributed by atoms with Gasteiger partial charge in [0.25, 0.3) is 0 Å². The van der Waals surface area contributed by atoms with Gasteiger partial charge in [-0.25, -0.2) is 0 Å². The van der Waals surface area contributed by atoms with E-state index in [0.29, 0.717) is 6.61 Å². The average Bonchev–Trinajstić information content (AvgIpc) is 2.92. The molecule has 20 heavy (non-hydrogen) atoms. The monoisotopic (exact) mass is 270 g/mol. The van der Waals surface area contributed by atoms with Crippen molar-refractivity contribution in [1.82, 2.24) is 9.78 Å². The lowest BCUT2D eigenvalue weighted by atomic mass is 10.1. The first-order chi connectivity index (χ1) is 9.72. The number of hydrogen-bond acceptors (Lipinski definition) is 3. The van der Waals surface area contributed by atoms with Crippen LogP contribution in [0.4, 0.5) is 0 Å². The fourth-order valence-electron chi connectivity index (χ4n) is 1.82. The zero-order chi connectivity index (χ0) is 14.4. The molecule has 1 heterocycles. The van der Waals surface area contributed by atoms with Gasteiger partial charge in [0, 0.05) is 23.9 Å². The Balaban J connectivity index is 2.01. The summed E-state index contributed by atoms with van der Waals surface area (Å²) in [6, 6.07) is 5.74. The minimum absolute atomic E-state index is 0.126. The van der Waals surface area contributed by atoms with Crippen LogP contribution >= 0.6 is 0 Å². The van der Waals surface area contributed by atoms with Crippen molar-refractivity contribution in [3.8, 4) is 17.6 Å². The van der Waals surface area contributed by atoms with E-state index >= 15 is 0 Å². The van der Waals surface area contributed by atoms with Gasteiger partial charge in [-0.3, -0.25) is 4.68 Å². The van der Waals surface area contributed by atoms with Crippen LogP contribution in [0.25, 0.3) is 0 Å². The topological polar surface area (TPSA) is 47.3 Å². The molecule has 1 aromatic carbocycles. The van der Waals surface area contributed by atoms with Crippen LogP contribution in [-0.2, 0) is 13.2 Å². The molecule has 0 aliphatic carbocycles. The summed E-state index contributed by atoms with van der Waals surface area (Å²) in [5, 5.41) is 12.9. The minimum atomic E-state index is -0.126. The molecule has 4 nitrogen and oxygen atoms in total. The van der Waals surface area contributed by atoms with Crippen LogP contribution in [0.2, 0.25) is 0 Å². The molecule has 0 radical (unpaired) electrons. The summed E-state index contributed by atoms with van der Waals surface area (Å²) in [6.07, 6.45) is 3.80. The summed E-state index contributed by atoms with van der Waals surface area (Å²) in [7, 11) is 0. The van der Waals surface area contributed by atoms with Crippen molar-refractivity contribution in [2.24, 2.45) is 0 Å². The highest BCUT2D eigenvalue weighted by Crippen LogP contribution is 2.17. The molecule has 1 aromatic heterocycles. The quantitative estimate of drug-likeness (QED) is 0.866. The lowest BCUT2D eigenvalue weighted by molar-refractivity contribution is 0.306. The Morgan fingerprint density at radius 3 is 2.90 bits per heavy atom. The Kier molecular flexibility index (Phi) is 4.80. The van der Waals surface area contributed by atoms with Gasteiger partial charge in [0.1, 0.15) is 19.0 Å². The normalized spacial score (nSPS) is 9.95. The number of ether oxygens (including phenoxy) is 1. The Bertz CT molecular complexity index is 635. The molecule has 0 saturated heterocycles. The smallest absolute Gasteiger partial charge is 0.120 e. The summed E-state index contributed by atoms with van der Waals surface area (Å²) in [5.41, 5.74) is 2.99. The molecule has 0 unspecified atom stereocenters. The molecule has 0 saturated carbocycles. The van der Waals surface area contributed by atoms with Gasteiger partial charge in [0.15, 0.2) is 0 Å². The van der Waals surface area contributed by atoms with Crippen molar-refractivity contribution >= 4 is 0 Å². The lowest BCUT2D eigenvalue weighted by Gasteiger charge is -2.06. The fraction of sp³-hybridized carbons (Fsp3) is 0.312. The molecule has 0 aliphatic heterocycles. The zero-order valence-corrected chi connectivity index (χ0v) is 11.8. The SMILES string of the molecule is CCn1cc(COc2ccc(C#CCO)c(C)c2)cn1. The predicted molar refractivity (Wildman–Crippen MR) is 77.4 cm³/mol. The van der Waals surface area contributed by atoms with E-state index in [4.69, 9.17) is 9.84 Å². The van der Waals surface area contributed by atoms with Crippen LogP contribution in [0, 0.1) is 18.8 Å². The van der Waals surface area contributed by atoms with Crippen LogP contribution in [0.5, 0.6) is 5.75 Å². The third-order valence-corrected chi connectivity index (χ3v) is 2.92. The average molecular weight is 270 g/mol. The number of nitrogens with zero attached hydrogens (tertiary/aromatic N) is 2. The van der Waals surface area contributed by atoms with Crippen molar-refractivity contribution in [1.29, 1.82) is 0 Å². The molecular formula is C16H18N2O2. The number of aliphatic hydroxyl groups excluding tert-OH is 1. The zero-order valence-electron chi connectivity index (χ0n) is 11.8. The van der Waals surface area contributed by atoms with Crippen molar-refractivity contribution < 1.29 is 9.84 Å². The van der Waals surface area contributed by atoms with E-state index in [-0.39, 0.29) is 6.61 Å². The van der Waals surface area contributed by atoms with E-state index < -0.39 is 0 Å². The van der Waals surface area contributed by atoms with Gasteiger partial charge in [0.05, 0.1) is 6.20 Å². The number of aromatic nitrogens is 2. The molecule has 0 bridgehead atoms. The number of benzene rings is 1. The highest BCUT2D eigenvalue weighted by atomic mass is 16.5. The number of aryl methyl sites for hydroxylation is 2. The number of aliphatic hydroxyl groups is 1. The Morgan fingerprint density at radius 1 is 1.40 bits per heavy atom. The summed E-state index contributed by atoms with van der Waals surface area (Å²) in [6.45, 7) is 5.26. The lowest BCUT2D eigenvalue weighted by Crippen LogP contribution is -1.96. The summed E-state index contributed by atoms with van der Waals surface area (Å²) < 4.78 is 7.61. The van der Waals surface area contributed by atoms with Crippen LogP contribution in [0.3, 0.4) is 0 Å². The molecule has 0 aliphatic rings. The van der Waals surface area contributed by atoms with Gasteiger partial charge in [0.2, 0.25) is 0 Å². The molecule has 0 spiro atoms. The Hall–Kier alpha value is -2.25. The third kappa shape index (κ3) is 3.62. The van der Waals surface area contributed by atoms with E-state index in [1.165, 1.54) is 0 Å². The standard InChI is InChI=1S/C16H18N2O2/c1-3-18-11-14(10-17-18)12-20-16-7-6-15(5-4-8-19)13(2)9-16/h6-7,9-11,19H,3,8,12H2,1-2H3. The minimum Gasteiger partial charge on any atom is -0.489 e. The Labute approximate surface area is 119 Å². The van der Waals surface area contributed by atoms with Crippen molar-refractivity contribution in [3.05, 3.63) is 47.3 Å². The first-order valence-corrected chi connectivity index (χ1v) is 6.57. The maximum Gasteiger partial charge on any atom is 0.120 e. The van der Waals surface area contributed by atoms with Gasteiger partial charge in [-0.05, 0) is 37.6 Å². The van der Waals surface area contributed by atoms with Gasteiger partial charge >= 0.3 is 0 Å². The number of rotatable bonds is 4. The van der Waals surface area contributed by atoms with Crippen LogP contribution in [0.1, 0.15) is 23.6 Å². The molecule has 0 atom stereocenters. The molecule has 104 valence electrons. The molecule has 4 heteroatoms. The van der Waals surface area contributed by atoms with Crippen LogP contribution in [-0.4, -0.2) is 21.5 Å². The van der Waals surface area contributed by atoms with Crippen molar-refractivity contribution in [2.75, 3.05) is 6.61 Å². The third-order valence-electron chi connectivity index (χ3n) is 2.92. The first kappa shape index (κ1) is 14.2. The van der Waals surface area contributed by atoms with Gasteiger partial charge < -0.3 is 9.84 Å². The van der Waals surface area contributed by atoms with Gasteiger partial charge in [-0.15, -0.1) is 0 Å². The predicted octanol–water partition coefficient (Wildman–Crippen LogP) is 2.13. The maximum absolute atomic E-state index is 8.70. The molecule has 1 N–H and O–H groups in total. The van der Waals surface area contributed by atoms with E-state index in [1.54, 1.807) is 0 Å². The van der Waals surface area contributed by atoms with Gasteiger partial charge in [-0.1, -0.05) is 11.8 Å². The van der Waals surface area contributed by atoms with Crippen molar-refractivity contribution in [3.63, 3.8) is 0 Å². The number of hydrogen-bond donors (Lipinski definition) is 1. The summed E-state index contributed by atoms with van der Waals surface area (Å²) in [5.74, 6) is 6.36. The first-order valence-electron chi connectivity index (χ1n) is 6.57. The molecule has 2 aromatic rings. The van der Waals surface area contributed by atoms with E-state index in [0.717, 1.165) is 29.0 Å². The van der Waals surface area contributed by atoms with E-state index in [1.807, 2.05) is 49.1 Å². The molecular weight excluding hydrogens is 252 g/mol. The highest BCUT2D eigenvalue weighted by molar-refractivity contribution is 5.44.